The molecule has 1 aliphatic carbocycles. The van der Waals surface area contributed by atoms with E-state index in [4.69, 9.17) is 0 Å². The number of halogens is 3. The molecule has 0 saturated heterocycles. The molecule has 0 spiro atoms. The highest BCUT2D eigenvalue weighted by Crippen LogP contribution is 2.56. The fourth-order valence-corrected chi connectivity index (χ4v) is 10.7. The summed E-state index contributed by atoms with van der Waals surface area (Å²) in [6.07, 6.45) is -2.55. The lowest BCUT2D eigenvalue weighted by Gasteiger charge is -2.43. The van der Waals surface area contributed by atoms with Crippen LogP contribution in [-0.4, -0.2) is 6.71 Å². The summed E-state index contributed by atoms with van der Waals surface area (Å²) in [6.45, 7) is 33.1. The van der Waals surface area contributed by atoms with Crippen LogP contribution in [0, 0.1) is 13.8 Å². The average Bonchev–Trinajstić information content (AvgIpc) is 3.51. The maximum atomic E-state index is 15.4. The van der Waals surface area contributed by atoms with Crippen LogP contribution in [0.5, 0.6) is 0 Å². The Kier molecular flexibility index (Phi) is 10.0. The number of nitrogens with one attached hydrogen (secondary N) is 1. The molecule has 0 amide bonds. The zero-order valence-electron chi connectivity index (χ0n) is 37.4. The van der Waals surface area contributed by atoms with Gasteiger partial charge < -0.3 is 10.2 Å². The molecule has 1 aromatic heterocycles. The Morgan fingerprint density at radius 1 is 0.621 bits per heavy atom. The second kappa shape index (κ2) is 13.8. The van der Waals surface area contributed by atoms with Crippen LogP contribution in [0.1, 0.15) is 147 Å². The lowest BCUT2D eigenvalue weighted by atomic mass is 9.36. The maximum absolute atomic E-state index is 15.4. The first-order valence-corrected chi connectivity index (χ1v) is 21.7. The molecule has 306 valence electrons. The van der Waals surface area contributed by atoms with Crippen molar-refractivity contribution in [2.45, 2.75) is 150 Å². The fourth-order valence-electron chi connectivity index (χ4n) is 9.02. The number of rotatable bonds is 4. The van der Waals surface area contributed by atoms with Gasteiger partial charge in [-0.15, -0.1) is 0 Å². The van der Waals surface area contributed by atoms with Crippen molar-refractivity contribution >= 4 is 62.2 Å². The minimum absolute atomic E-state index is 0.0638. The standard InChI is InChI=1S/C51H62BF3N2S/c1-30-16-17-34(48(9,10)11)27-37(30)52-42-38(56-36-21-18-32(19-22-36)46(3,4)5)28-35(51(53,54)55)29-40(42)57(39-23-20-33(26-31(39)2)47(6,7)8)43-41-44(58-45(43)52)50(14,15)25-24-49(41,12)13/h16-23,26-29,56H,24-25H2,1-15H3. The molecule has 0 atom stereocenters. The van der Waals surface area contributed by atoms with E-state index in [-0.39, 0.29) is 33.8 Å². The van der Waals surface area contributed by atoms with Crippen molar-refractivity contribution in [1.29, 1.82) is 0 Å². The van der Waals surface area contributed by atoms with Gasteiger partial charge in [0, 0.05) is 32.4 Å². The highest BCUT2D eigenvalue weighted by atomic mass is 32.1. The van der Waals surface area contributed by atoms with Gasteiger partial charge in [0.25, 0.3) is 6.71 Å². The zero-order chi connectivity index (χ0) is 42.7. The average molecular weight is 803 g/mol. The number of hydrogen-bond donors (Lipinski definition) is 1. The predicted molar refractivity (Wildman–Crippen MR) is 246 cm³/mol. The van der Waals surface area contributed by atoms with Gasteiger partial charge in [-0.2, -0.15) is 24.5 Å². The van der Waals surface area contributed by atoms with Gasteiger partial charge >= 0.3 is 6.18 Å². The summed E-state index contributed by atoms with van der Waals surface area (Å²) >= 11 is 1.89. The first kappa shape index (κ1) is 42.2. The zero-order valence-corrected chi connectivity index (χ0v) is 38.2. The minimum Gasteiger partial charge on any atom is -0.356 e. The largest absolute Gasteiger partial charge is 0.416 e. The van der Waals surface area contributed by atoms with Crippen molar-refractivity contribution in [3.63, 3.8) is 0 Å². The van der Waals surface area contributed by atoms with E-state index in [1.165, 1.54) is 38.5 Å². The van der Waals surface area contributed by atoms with Crippen molar-refractivity contribution in [2.75, 3.05) is 10.2 Å². The van der Waals surface area contributed by atoms with Crippen molar-refractivity contribution in [3.05, 3.63) is 117 Å². The number of hydrogen-bond acceptors (Lipinski definition) is 3. The maximum Gasteiger partial charge on any atom is 0.416 e. The minimum atomic E-state index is -4.58. The Bertz CT molecular complexity index is 2400. The first-order valence-electron chi connectivity index (χ1n) is 20.9. The number of aryl methyl sites for hydroxylation is 2. The summed E-state index contributed by atoms with van der Waals surface area (Å²) < 4.78 is 47.4. The molecule has 2 nitrogen and oxygen atoms in total. The van der Waals surface area contributed by atoms with E-state index in [0.717, 1.165) is 57.5 Å². The van der Waals surface area contributed by atoms with E-state index in [1.54, 1.807) is 0 Å². The first-order chi connectivity index (χ1) is 26.6. The normalized spacial score (nSPS) is 16.5. The summed E-state index contributed by atoms with van der Waals surface area (Å²) in [7, 11) is 0. The molecule has 0 radical (unpaired) electrons. The van der Waals surface area contributed by atoms with Gasteiger partial charge in [0.15, 0.2) is 0 Å². The second-order valence-electron chi connectivity index (χ2n) is 21.5. The molecule has 2 heterocycles. The fraction of sp³-hybridized carbons (Fsp3) is 0.451. The van der Waals surface area contributed by atoms with Crippen LogP contribution in [0.3, 0.4) is 0 Å². The third kappa shape index (κ3) is 7.43. The van der Waals surface area contributed by atoms with E-state index in [2.05, 4.69) is 163 Å². The van der Waals surface area contributed by atoms with Gasteiger partial charge in [-0.05, 0) is 117 Å². The lowest BCUT2D eigenvalue weighted by Crippen LogP contribution is -2.58. The lowest BCUT2D eigenvalue weighted by molar-refractivity contribution is -0.137. The topological polar surface area (TPSA) is 15.3 Å². The number of nitrogens with zero attached hydrogens (tertiary/aromatic N) is 1. The SMILES string of the molecule is Cc1ccc(C(C)(C)C)cc1B1c2sc3c(c2N(c2ccc(C(C)(C)C)cc2C)c2cc(C(F)(F)F)cc(Nc4ccc(C(C)(C)C)cc4)c21)C(C)(C)CCC3(C)C. The molecule has 0 unspecified atom stereocenters. The number of alkyl halides is 3. The molecule has 1 N–H and O–H groups in total. The van der Waals surface area contributed by atoms with Gasteiger partial charge in [-0.25, -0.2) is 0 Å². The summed E-state index contributed by atoms with van der Waals surface area (Å²) in [5, 5.41) is 3.61. The monoisotopic (exact) mass is 802 g/mol. The third-order valence-electron chi connectivity index (χ3n) is 12.9. The van der Waals surface area contributed by atoms with Crippen LogP contribution in [0.2, 0.25) is 0 Å². The Balaban J connectivity index is 1.65. The molecule has 2 aliphatic rings. The van der Waals surface area contributed by atoms with Crippen LogP contribution in [-0.2, 0) is 33.3 Å². The molecule has 4 aromatic carbocycles. The van der Waals surface area contributed by atoms with Crippen LogP contribution >= 0.6 is 11.3 Å². The number of anilines is 5. The third-order valence-corrected chi connectivity index (χ3v) is 14.5. The van der Waals surface area contributed by atoms with Crippen LogP contribution in [0.25, 0.3) is 0 Å². The molecular weight excluding hydrogens is 740 g/mol. The molecule has 0 fully saturated rings. The van der Waals surface area contributed by atoms with Crippen LogP contribution in [0.15, 0.2) is 72.8 Å². The molecule has 7 heteroatoms. The van der Waals surface area contributed by atoms with E-state index in [1.807, 2.05) is 23.5 Å². The Labute approximate surface area is 350 Å². The Hall–Kier alpha value is -3.97. The number of fused-ring (bicyclic) bond motifs is 4. The highest BCUT2D eigenvalue weighted by Gasteiger charge is 2.50. The van der Waals surface area contributed by atoms with Gasteiger partial charge in [0.1, 0.15) is 0 Å². The molecule has 1 aliphatic heterocycles. The van der Waals surface area contributed by atoms with Crippen molar-refractivity contribution in [3.8, 4) is 0 Å². The highest BCUT2D eigenvalue weighted by molar-refractivity contribution is 7.29. The second-order valence-corrected chi connectivity index (χ2v) is 22.6. The summed E-state index contributed by atoms with van der Waals surface area (Å²) in [5.74, 6) is 0. The molecule has 0 saturated carbocycles. The molecule has 5 aromatic rings. The van der Waals surface area contributed by atoms with E-state index in [0.29, 0.717) is 11.4 Å². The van der Waals surface area contributed by atoms with Gasteiger partial charge in [-0.1, -0.05) is 143 Å². The van der Waals surface area contributed by atoms with E-state index in [9.17, 15) is 0 Å². The summed E-state index contributed by atoms with van der Waals surface area (Å²) in [4.78, 5) is 3.57. The molecule has 7 rings (SSSR count). The Morgan fingerprint density at radius 2 is 1.17 bits per heavy atom. The van der Waals surface area contributed by atoms with Crippen LogP contribution < -0.4 is 25.9 Å². The molecule has 0 bridgehead atoms. The van der Waals surface area contributed by atoms with Gasteiger partial charge in [0.2, 0.25) is 0 Å². The van der Waals surface area contributed by atoms with Crippen molar-refractivity contribution in [1.82, 2.24) is 0 Å². The van der Waals surface area contributed by atoms with Gasteiger partial charge in [0.05, 0.1) is 11.3 Å². The predicted octanol–water partition coefficient (Wildman–Crippen LogP) is 13.7. The summed E-state index contributed by atoms with van der Waals surface area (Å²) in [5.41, 5.74) is 11.5. The summed E-state index contributed by atoms with van der Waals surface area (Å²) in [6, 6.07) is 24.3. The Morgan fingerprint density at radius 3 is 1.74 bits per heavy atom. The molecule has 58 heavy (non-hydrogen) atoms. The van der Waals surface area contributed by atoms with Gasteiger partial charge in [-0.3, -0.25) is 0 Å². The molecular formula is C51H62BF3N2S. The van der Waals surface area contributed by atoms with E-state index >= 15 is 13.2 Å². The quantitative estimate of drug-likeness (QED) is 0.179. The van der Waals surface area contributed by atoms with Crippen LogP contribution in [0.4, 0.5) is 41.6 Å². The van der Waals surface area contributed by atoms with E-state index < -0.39 is 11.7 Å². The van der Waals surface area contributed by atoms with Crippen molar-refractivity contribution < 1.29 is 13.2 Å². The number of benzene rings is 4. The van der Waals surface area contributed by atoms with Crippen molar-refractivity contribution in [2.24, 2.45) is 0 Å². The smallest absolute Gasteiger partial charge is 0.356 e. The number of thiophene rings is 1.